The maximum absolute atomic E-state index is 6.73. The highest BCUT2D eigenvalue weighted by Crippen LogP contribution is 2.41. The minimum Gasteiger partial charge on any atom is -0.398 e. The highest BCUT2D eigenvalue weighted by atomic mass is 14.9. The van der Waals surface area contributed by atoms with Crippen molar-refractivity contribution in [1.82, 2.24) is 0 Å². The van der Waals surface area contributed by atoms with E-state index in [1.165, 1.54) is 16.3 Å². The summed E-state index contributed by atoms with van der Waals surface area (Å²) >= 11 is 0. The molecule has 5 aromatic carbocycles. The third-order valence-electron chi connectivity index (χ3n) is 7.77. The predicted molar refractivity (Wildman–Crippen MR) is 167 cm³/mol. The number of nitrogens with one attached hydrogen (secondary N) is 1. The molecule has 0 fully saturated rings. The number of benzene rings is 5. The largest absolute Gasteiger partial charge is 0.398 e. The van der Waals surface area contributed by atoms with Gasteiger partial charge in [0.05, 0.1) is 0 Å². The summed E-state index contributed by atoms with van der Waals surface area (Å²) in [4.78, 5) is 0. The first-order chi connectivity index (χ1) is 19.1. The van der Waals surface area contributed by atoms with Crippen LogP contribution in [0.4, 0.5) is 17.1 Å². The van der Waals surface area contributed by atoms with E-state index < -0.39 is 0 Å². The van der Waals surface area contributed by atoms with E-state index in [-0.39, 0.29) is 5.92 Å². The Kier molecular flexibility index (Phi) is 6.75. The van der Waals surface area contributed by atoms with Gasteiger partial charge >= 0.3 is 0 Å². The second-order valence-corrected chi connectivity index (χ2v) is 10.3. The number of anilines is 3. The average molecular weight is 508 g/mol. The summed E-state index contributed by atoms with van der Waals surface area (Å²) in [5.41, 5.74) is 22.5. The van der Waals surface area contributed by atoms with Gasteiger partial charge in [0, 0.05) is 35.1 Å². The van der Waals surface area contributed by atoms with Gasteiger partial charge in [-0.15, -0.1) is 0 Å². The van der Waals surface area contributed by atoms with Crippen molar-refractivity contribution in [3.8, 4) is 22.3 Å². The Morgan fingerprint density at radius 1 is 0.718 bits per heavy atom. The molecule has 0 spiro atoms. The van der Waals surface area contributed by atoms with Crippen molar-refractivity contribution in [3.63, 3.8) is 0 Å². The Hall–Kier alpha value is -4.60. The zero-order valence-electron chi connectivity index (χ0n) is 22.1. The molecule has 0 radical (unpaired) electrons. The minimum atomic E-state index is 0.265. The van der Waals surface area contributed by atoms with Crippen molar-refractivity contribution in [1.29, 1.82) is 0 Å². The molecule has 0 amide bonds. The zero-order valence-corrected chi connectivity index (χ0v) is 22.1. The van der Waals surface area contributed by atoms with Gasteiger partial charge in [-0.05, 0) is 80.9 Å². The molecule has 2 unspecified atom stereocenters. The van der Waals surface area contributed by atoms with E-state index in [2.05, 4.69) is 134 Å². The molecule has 0 aromatic heterocycles. The lowest BCUT2D eigenvalue weighted by molar-refractivity contribution is 0.637. The van der Waals surface area contributed by atoms with Gasteiger partial charge in [0.25, 0.3) is 0 Å². The van der Waals surface area contributed by atoms with Gasteiger partial charge in [0.2, 0.25) is 0 Å². The van der Waals surface area contributed by atoms with Crippen molar-refractivity contribution in [2.75, 3.05) is 11.1 Å². The first kappa shape index (κ1) is 24.7. The Bertz CT molecular complexity index is 1690. The fraction of sp³-hybridized carbons (Fsp3) is 0.111. The van der Waals surface area contributed by atoms with Crippen LogP contribution in [0.25, 0.3) is 33.0 Å². The molecule has 6 rings (SSSR count). The van der Waals surface area contributed by atoms with Crippen molar-refractivity contribution < 1.29 is 0 Å². The SMILES string of the molecule is CC1C=CC=CC1c1cc(-c2cc(CN)c(N)c(-c3cccc4ccccc34)c2)ccc1Nc1ccccc1. The summed E-state index contributed by atoms with van der Waals surface area (Å²) in [5.74, 6) is 0.653. The number of hydrogen-bond acceptors (Lipinski definition) is 3. The summed E-state index contributed by atoms with van der Waals surface area (Å²) in [6.45, 7) is 2.66. The summed E-state index contributed by atoms with van der Waals surface area (Å²) in [6, 6.07) is 36.3. The molecule has 1 aliphatic carbocycles. The molecule has 2 atom stereocenters. The molecule has 1 aliphatic rings. The van der Waals surface area contributed by atoms with E-state index in [4.69, 9.17) is 11.5 Å². The monoisotopic (exact) mass is 507 g/mol. The number of allylic oxidation sites excluding steroid dienone is 4. The lowest BCUT2D eigenvalue weighted by atomic mass is 9.82. The van der Waals surface area contributed by atoms with Gasteiger partial charge in [-0.1, -0.05) is 98.0 Å². The topological polar surface area (TPSA) is 64.1 Å². The van der Waals surface area contributed by atoms with Crippen LogP contribution in [0.1, 0.15) is 24.0 Å². The van der Waals surface area contributed by atoms with Crippen LogP contribution in [-0.2, 0) is 6.54 Å². The van der Waals surface area contributed by atoms with Gasteiger partial charge < -0.3 is 16.8 Å². The second-order valence-electron chi connectivity index (χ2n) is 10.3. The average Bonchev–Trinajstić information content (AvgIpc) is 2.98. The van der Waals surface area contributed by atoms with Crippen molar-refractivity contribution in [3.05, 3.63) is 139 Å². The standard InChI is InChI=1S/C36H33N3/c1-24-10-5-7-15-30(24)33-21-26(18-19-35(33)39-29-13-3-2-4-14-29)27-20-28(23-37)36(38)34(22-27)32-17-9-12-25-11-6-8-16-31(25)32/h2-22,24,30,39H,23,37-38H2,1H3. The van der Waals surface area contributed by atoms with Crippen molar-refractivity contribution >= 4 is 27.8 Å². The first-order valence-electron chi connectivity index (χ1n) is 13.5. The maximum atomic E-state index is 6.73. The van der Waals surface area contributed by atoms with Gasteiger partial charge in [0.15, 0.2) is 0 Å². The highest BCUT2D eigenvalue weighted by molar-refractivity contribution is 6.00. The van der Waals surface area contributed by atoms with Crippen LogP contribution in [0.2, 0.25) is 0 Å². The highest BCUT2D eigenvalue weighted by Gasteiger charge is 2.21. The lowest BCUT2D eigenvalue weighted by Crippen LogP contribution is -2.10. The molecule has 3 nitrogen and oxygen atoms in total. The van der Waals surface area contributed by atoms with E-state index in [1.54, 1.807) is 0 Å². The molecular weight excluding hydrogens is 474 g/mol. The van der Waals surface area contributed by atoms with Gasteiger partial charge in [0.1, 0.15) is 0 Å². The van der Waals surface area contributed by atoms with Crippen LogP contribution in [-0.4, -0.2) is 0 Å². The van der Waals surface area contributed by atoms with Crippen LogP contribution in [0, 0.1) is 5.92 Å². The van der Waals surface area contributed by atoms with Crippen molar-refractivity contribution in [2.45, 2.75) is 19.4 Å². The smallest absolute Gasteiger partial charge is 0.0439 e. The Morgan fingerprint density at radius 2 is 1.49 bits per heavy atom. The quantitative estimate of drug-likeness (QED) is 0.201. The second kappa shape index (κ2) is 10.6. The van der Waals surface area contributed by atoms with Gasteiger partial charge in [-0.2, -0.15) is 0 Å². The summed E-state index contributed by atoms with van der Waals surface area (Å²) < 4.78 is 0. The number of rotatable bonds is 6. The minimum absolute atomic E-state index is 0.265. The van der Waals surface area contributed by atoms with Gasteiger partial charge in [-0.25, -0.2) is 0 Å². The molecule has 5 aromatic rings. The van der Waals surface area contributed by atoms with Crippen LogP contribution < -0.4 is 16.8 Å². The summed E-state index contributed by atoms with van der Waals surface area (Å²) in [5, 5.41) is 6.04. The van der Waals surface area contributed by atoms with E-state index in [9.17, 15) is 0 Å². The normalized spacial score (nSPS) is 16.5. The number of fused-ring (bicyclic) bond motifs is 1. The van der Waals surface area contributed by atoms with E-state index in [0.717, 1.165) is 44.9 Å². The van der Waals surface area contributed by atoms with Crippen LogP contribution >= 0.6 is 0 Å². The molecule has 0 bridgehead atoms. The third kappa shape index (κ3) is 4.85. The van der Waals surface area contributed by atoms with E-state index in [1.807, 2.05) is 6.07 Å². The molecule has 0 aliphatic heterocycles. The molecule has 5 N–H and O–H groups in total. The van der Waals surface area contributed by atoms with Crippen molar-refractivity contribution in [2.24, 2.45) is 11.7 Å². The third-order valence-corrected chi connectivity index (χ3v) is 7.77. The molecule has 0 saturated heterocycles. The Morgan fingerprint density at radius 3 is 2.31 bits per heavy atom. The first-order valence-corrected chi connectivity index (χ1v) is 13.5. The van der Waals surface area contributed by atoms with E-state index >= 15 is 0 Å². The number of nitrogens with two attached hydrogens (primary N) is 2. The van der Waals surface area contributed by atoms with E-state index in [0.29, 0.717) is 12.5 Å². The molecule has 0 heterocycles. The fourth-order valence-corrected chi connectivity index (χ4v) is 5.65. The number of nitrogen functional groups attached to an aromatic ring is 1. The molecule has 192 valence electrons. The summed E-state index contributed by atoms with van der Waals surface area (Å²) in [6.07, 6.45) is 8.87. The Labute approximate surface area is 230 Å². The molecule has 39 heavy (non-hydrogen) atoms. The lowest BCUT2D eigenvalue weighted by Gasteiger charge is -2.25. The number of para-hydroxylation sites is 1. The predicted octanol–water partition coefficient (Wildman–Crippen LogP) is 8.80. The maximum Gasteiger partial charge on any atom is 0.0439 e. The van der Waals surface area contributed by atoms with Crippen LogP contribution in [0.15, 0.2) is 127 Å². The fourth-order valence-electron chi connectivity index (χ4n) is 5.65. The molecular formula is C36H33N3. The Balaban J connectivity index is 1.51. The van der Waals surface area contributed by atoms with Crippen LogP contribution in [0.3, 0.4) is 0 Å². The number of hydrogen-bond donors (Lipinski definition) is 3. The summed E-state index contributed by atoms with van der Waals surface area (Å²) in [7, 11) is 0. The molecule has 0 saturated carbocycles. The van der Waals surface area contributed by atoms with Gasteiger partial charge in [-0.3, -0.25) is 0 Å². The van der Waals surface area contributed by atoms with Crippen LogP contribution in [0.5, 0.6) is 0 Å². The zero-order chi connectivity index (χ0) is 26.8. The molecule has 3 heteroatoms.